The topological polar surface area (TPSA) is 24.9 Å². The molecule has 0 aliphatic carbocycles. The summed E-state index contributed by atoms with van der Waals surface area (Å²) < 4.78 is 11.3. The van der Waals surface area contributed by atoms with Crippen LogP contribution in [-0.4, -0.2) is 44.3 Å². The number of hydrogen-bond donors (Lipinski definition) is 0. The van der Waals surface area contributed by atoms with Gasteiger partial charge in [-0.3, -0.25) is 4.90 Å². The molecule has 2 heterocycles. The second-order valence-electron chi connectivity index (χ2n) is 6.58. The first-order valence-corrected chi connectivity index (χ1v) is 8.70. The maximum Gasteiger partial charge on any atom is 0.161 e. The first-order chi connectivity index (χ1) is 11.8. The highest BCUT2D eigenvalue weighted by Gasteiger charge is 2.18. The van der Waals surface area contributed by atoms with E-state index < -0.39 is 0 Å². The molecule has 0 aromatic heterocycles. The molecule has 0 unspecified atom stereocenters. The van der Waals surface area contributed by atoms with Gasteiger partial charge >= 0.3 is 0 Å². The fourth-order valence-corrected chi connectivity index (χ4v) is 3.36. The van der Waals surface area contributed by atoms with Gasteiger partial charge in [-0.25, -0.2) is 0 Å². The highest BCUT2D eigenvalue weighted by atomic mass is 16.6. The lowest BCUT2D eigenvalue weighted by atomic mass is 10.1. The molecule has 2 aliphatic rings. The average Bonchev–Trinajstić information content (AvgIpc) is 2.63. The van der Waals surface area contributed by atoms with Crippen molar-refractivity contribution >= 4 is 5.69 Å². The van der Waals surface area contributed by atoms with Crippen LogP contribution in [0.4, 0.5) is 5.69 Å². The number of hydrogen-bond acceptors (Lipinski definition) is 4. The van der Waals surface area contributed by atoms with Gasteiger partial charge in [0.1, 0.15) is 13.2 Å². The summed E-state index contributed by atoms with van der Waals surface area (Å²) in [6, 6.07) is 15.2. The number of aryl methyl sites for hydroxylation is 1. The van der Waals surface area contributed by atoms with Crippen molar-refractivity contribution in [2.75, 3.05) is 44.3 Å². The molecule has 126 valence electrons. The summed E-state index contributed by atoms with van der Waals surface area (Å²) in [6.45, 7) is 8.72. The molecule has 0 saturated carbocycles. The van der Waals surface area contributed by atoms with Crippen LogP contribution in [0.1, 0.15) is 11.1 Å². The summed E-state index contributed by atoms with van der Waals surface area (Å²) in [5.74, 6) is 1.76. The smallest absolute Gasteiger partial charge is 0.161 e. The van der Waals surface area contributed by atoms with E-state index in [1.807, 2.05) is 6.07 Å². The first-order valence-electron chi connectivity index (χ1n) is 8.70. The minimum absolute atomic E-state index is 0.645. The summed E-state index contributed by atoms with van der Waals surface area (Å²) in [5.41, 5.74) is 3.94. The molecule has 0 bridgehead atoms. The van der Waals surface area contributed by atoms with E-state index >= 15 is 0 Å². The van der Waals surface area contributed by atoms with Crippen molar-refractivity contribution in [2.45, 2.75) is 13.5 Å². The Morgan fingerprint density at radius 1 is 0.833 bits per heavy atom. The van der Waals surface area contributed by atoms with Crippen LogP contribution < -0.4 is 14.4 Å². The molecule has 24 heavy (non-hydrogen) atoms. The molecular formula is C20H24N2O2. The Hall–Kier alpha value is -2.20. The van der Waals surface area contributed by atoms with Gasteiger partial charge in [-0.1, -0.05) is 23.8 Å². The van der Waals surface area contributed by atoms with Crippen LogP contribution in [0.5, 0.6) is 11.5 Å². The van der Waals surface area contributed by atoms with Crippen molar-refractivity contribution in [1.29, 1.82) is 0 Å². The van der Waals surface area contributed by atoms with Crippen molar-refractivity contribution in [2.24, 2.45) is 0 Å². The van der Waals surface area contributed by atoms with Gasteiger partial charge in [0.05, 0.1) is 0 Å². The van der Waals surface area contributed by atoms with Gasteiger partial charge in [0, 0.05) is 38.4 Å². The van der Waals surface area contributed by atoms with Crippen molar-refractivity contribution in [3.8, 4) is 11.5 Å². The highest BCUT2D eigenvalue weighted by Crippen LogP contribution is 2.31. The van der Waals surface area contributed by atoms with Crippen LogP contribution in [0.25, 0.3) is 0 Å². The summed E-state index contributed by atoms with van der Waals surface area (Å²) in [7, 11) is 0. The number of benzene rings is 2. The summed E-state index contributed by atoms with van der Waals surface area (Å²) in [5, 5.41) is 0. The van der Waals surface area contributed by atoms with Crippen molar-refractivity contribution < 1.29 is 9.47 Å². The Balaban J connectivity index is 1.35. The zero-order valence-corrected chi connectivity index (χ0v) is 14.2. The summed E-state index contributed by atoms with van der Waals surface area (Å²) >= 11 is 0. The third-order valence-electron chi connectivity index (χ3n) is 4.78. The molecule has 0 N–H and O–H groups in total. The van der Waals surface area contributed by atoms with Crippen molar-refractivity contribution in [3.05, 3.63) is 53.6 Å². The molecule has 0 radical (unpaired) electrons. The predicted molar refractivity (Wildman–Crippen MR) is 96.1 cm³/mol. The monoisotopic (exact) mass is 324 g/mol. The lowest BCUT2D eigenvalue weighted by Gasteiger charge is -2.36. The molecule has 4 nitrogen and oxygen atoms in total. The van der Waals surface area contributed by atoms with Gasteiger partial charge in [0.15, 0.2) is 11.5 Å². The molecule has 0 amide bonds. The number of nitrogens with zero attached hydrogens (tertiary/aromatic N) is 2. The first kappa shape index (κ1) is 15.3. The quantitative estimate of drug-likeness (QED) is 0.866. The van der Waals surface area contributed by atoms with Gasteiger partial charge in [0.2, 0.25) is 0 Å². The van der Waals surface area contributed by atoms with Gasteiger partial charge in [-0.15, -0.1) is 0 Å². The average molecular weight is 324 g/mol. The fraction of sp³-hybridized carbons (Fsp3) is 0.400. The zero-order chi connectivity index (χ0) is 16.4. The molecule has 2 aromatic rings. The van der Waals surface area contributed by atoms with E-state index in [9.17, 15) is 0 Å². The third-order valence-corrected chi connectivity index (χ3v) is 4.78. The maximum absolute atomic E-state index is 5.69. The Morgan fingerprint density at radius 2 is 1.54 bits per heavy atom. The van der Waals surface area contributed by atoms with Crippen LogP contribution in [0.2, 0.25) is 0 Å². The molecular weight excluding hydrogens is 300 g/mol. The van der Waals surface area contributed by atoms with E-state index in [1.165, 1.54) is 16.8 Å². The van der Waals surface area contributed by atoms with Gasteiger partial charge in [-0.2, -0.15) is 0 Å². The van der Waals surface area contributed by atoms with Crippen LogP contribution in [-0.2, 0) is 6.54 Å². The lowest BCUT2D eigenvalue weighted by Crippen LogP contribution is -2.45. The normalized spacial score (nSPS) is 17.8. The Labute approximate surface area is 143 Å². The number of piperazine rings is 1. The van der Waals surface area contributed by atoms with E-state index in [1.54, 1.807) is 0 Å². The lowest BCUT2D eigenvalue weighted by molar-refractivity contribution is 0.171. The minimum atomic E-state index is 0.645. The molecule has 2 aliphatic heterocycles. The largest absolute Gasteiger partial charge is 0.486 e. The van der Waals surface area contributed by atoms with E-state index in [4.69, 9.17) is 9.47 Å². The van der Waals surface area contributed by atoms with Crippen LogP contribution in [0, 0.1) is 6.92 Å². The summed E-state index contributed by atoms with van der Waals surface area (Å²) in [4.78, 5) is 4.98. The number of anilines is 1. The molecule has 4 rings (SSSR count). The molecule has 0 spiro atoms. The fourth-order valence-electron chi connectivity index (χ4n) is 3.36. The number of fused-ring (bicyclic) bond motifs is 1. The predicted octanol–water partition coefficient (Wildman–Crippen LogP) is 3.09. The second-order valence-corrected chi connectivity index (χ2v) is 6.58. The molecule has 1 saturated heterocycles. The Kier molecular flexibility index (Phi) is 4.30. The third kappa shape index (κ3) is 3.34. The van der Waals surface area contributed by atoms with E-state index in [0.29, 0.717) is 13.2 Å². The van der Waals surface area contributed by atoms with Crippen LogP contribution in [0.15, 0.2) is 42.5 Å². The van der Waals surface area contributed by atoms with Gasteiger partial charge in [-0.05, 0) is 36.8 Å². The Bertz CT molecular complexity index is 691. The standard InChI is InChI=1S/C20H24N2O2/c1-16-2-5-18(6-3-16)22-10-8-21(9-11-22)15-17-4-7-19-20(14-17)24-13-12-23-19/h2-7,14H,8-13,15H2,1H3. The van der Waals surface area contributed by atoms with E-state index in [-0.39, 0.29) is 0 Å². The SMILES string of the molecule is Cc1ccc(N2CCN(Cc3ccc4c(c3)OCCO4)CC2)cc1. The highest BCUT2D eigenvalue weighted by molar-refractivity contribution is 5.48. The molecule has 1 fully saturated rings. The number of rotatable bonds is 3. The van der Waals surface area contributed by atoms with E-state index in [2.05, 4.69) is 53.1 Å². The van der Waals surface area contributed by atoms with Crippen molar-refractivity contribution in [3.63, 3.8) is 0 Å². The zero-order valence-electron chi connectivity index (χ0n) is 14.2. The maximum atomic E-state index is 5.69. The Morgan fingerprint density at radius 3 is 2.29 bits per heavy atom. The van der Waals surface area contributed by atoms with Crippen LogP contribution in [0.3, 0.4) is 0 Å². The second kappa shape index (κ2) is 6.73. The summed E-state index contributed by atoms with van der Waals surface area (Å²) in [6.07, 6.45) is 0. The molecule has 0 atom stereocenters. The molecule has 2 aromatic carbocycles. The minimum Gasteiger partial charge on any atom is -0.486 e. The molecule has 4 heteroatoms. The van der Waals surface area contributed by atoms with Crippen LogP contribution >= 0.6 is 0 Å². The van der Waals surface area contributed by atoms with Gasteiger partial charge < -0.3 is 14.4 Å². The number of ether oxygens (including phenoxy) is 2. The van der Waals surface area contributed by atoms with Crippen molar-refractivity contribution in [1.82, 2.24) is 4.90 Å². The van der Waals surface area contributed by atoms with E-state index in [0.717, 1.165) is 44.2 Å². The van der Waals surface area contributed by atoms with Gasteiger partial charge in [0.25, 0.3) is 0 Å².